The zero-order chi connectivity index (χ0) is 20.6. The van der Waals surface area contributed by atoms with Crippen LogP contribution >= 0.6 is 0 Å². The van der Waals surface area contributed by atoms with Gasteiger partial charge in [0.15, 0.2) is 0 Å². The fraction of sp³-hybridized carbons (Fsp3) is 0.0909. The number of phenols is 2. The van der Waals surface area contributed by atoms with Crippen molar-refractivity contribution >= 4 is 11.8 Å². The van der Waals surface area contributed by atoms with Gasteiger partial charge in [0.25, 0.3) is 11.8 Å². The van der Waals surface area contributed by atoms with Gasteiger partial charge >= 0.3 is 0 Å². The van der Waals surface area contributed by atoms with Crippen LogP contribution in [0.1, 0.15) is 31.8 Å². The number of carbonyl (C=O) groups is 2. The third-order valence-corrected chi connectivity index (χ3v) is 4.87. The number of carbonyl (C=O) groups excluding carboxylic acids is 2. The van der Waals surface area contributed by atoms with E-state index in [1.807, 2.05) is 13.8 Å². The molecule has 0 unspecified atom stereocenters. The van der Waals surface area contributed by atoms with Gasteiger partial charge < -0.3 is 21.7 Å². The maximum Gasteiger partial charge on any atom is 0.252 e. The maximum atomic E-state index is 11.8. The summed E-state index contributed by atoms with van der Waals surface area (Å²) in [6, 6.07) is 13.3. The largest absolute Gasteiger partial charge is 0.506 e. The Bertz CT molecular complexity index is 1120. The van der Waals surface area contributed by atoms with Crippen LogP contribution in [-0.2, 0) is 0 Å². The summed E-state index contributed by atoms with van der Waals surface area (Å²) in [5.74, 6) is -1.96. The molecule has 0 aromatic heterocycles. The van der Waals surface area contributed by atoms with Crippen molar-refractivity contribution < 1.29 is 19.8 Å². The molecule has 6 heteroatoms. The molecule has 0 aliphatic heterocycles. The predicted molar refractivity (Wildman–Crippen MR) is 107 cm³/mol. The topological polar surface area (TPSA) is 127 Å². The SMILES string of the molecule is Cc1cc(C(N)=O)c(O)c(-c2ccccc2-c2cccc(C(N)=O)c2O)c1C. The van der Waals surface area contributed by atoms with E-state index in [4.69, 9.17) is 11.5 Å². The summed E-state index contributed by atoms with van der Waals surface area (Å²) in [6.07, 6.45) is 0. The van der Waals surface area contributed by atoms with Crippen molar-refractivity contribution in [3.8, 4) is 33.8 Å². The minimum atomic E-state index is -0.748. The maximum absolute atomic E-state index is 11.8. The second-order valence-corrected chi connectivity index (χ2v) is 6.57. The molecule has 0 bridgehead atoms. The first-order valence-corrected chi connectivity index (χ1v) is 8.58. The number of nitrogens with two attached hydrogens (primary N) is 2. The molecule has 0 saturated carbocycles. The van der Waals surface area contributed by atoms with Crippen molar-refractivity contribution in [3.05, 3.63) is 70.8 Å². The van der Waals surface area contributed by atoms with Gasteiger partial charge in [-0.25, -0.2) is 0 Å². The Hall–Kier alpha value is -3.80. The quantitative estimate of drug-likeness (QED) is 0.557. The zero-order valence-electron chi connectivity index (χ0n) is 15.5. The average Bonchev–Trinajstić information content (AvgIpc) is 2.65. The summed E-state index contributed by atoms with van der Waals surface area (Å²) in [7, 11) is 0. The number of aryl methyl sites for hydroxylation is 1. The molecule has 0 fully saturated rings. The van der Waals surface area contributed by atoms with Gasteiger partial charge in [-0.2, -0.15) is 0 Å². The molecule has 0 aliphatic carbocycles. The standard InChI is InChI=1S/C22H20N2O4/c1-11-10-17(22(24)28)20(26)18(12(11)2)14-7-4-3-6-13(14)15-8-5-9-16(19(15)25)21(23)27/h3-10,25-26H,1-2H3,(H2,23,27)(H2,24,28). The highest BCUT2D eigenvalue weighted by Crippen LogP contribution is 2.44. The molecule has 0 spiro atoms. The lowest BCUT2D eigenvalue weighted by atomic mass is 9.87. The van der Waals surface area contributed by atoms with Crippen LogP contribution in [0.5, 0.6) is 11.5 Å². The molecule has 0 atom stereocenters. The number of para-hydroxylation sites is 1. The van der Waals surface area contributed by atoms with Crippen molar-refractivity contribution in [2.24, 2.45) is 11.5 Å². The molecule has 142 valence electrons. The van der Waals surface area contributed by atoms with Gasteiger partial charge in [-0.15, -0.1) is 0 Å². The van der Waals surface area contributed by atoms with Gasteiger partial charge in [-0.05, 0) is 48.2 Å². The van der Waals surface area contributed by atoms with E-state index in [2.05, 4.69) is 0 Å². The summed E-state index contributed by atoms with van der Waals surface area (Å²) in [6.45, 7) is 3.64. The monoisotopic (exact) mass is 376 g/mol. The molecule has 0 heterocycles. The number of aromatic hydroxyl groups is 2. The lowest BCUT2D eigenvalue weighted by molar-refractivity contribution is 0.0989. The molecule has 0 aliphatic rings. The Morgan fingerprint density at radius 1 is 0.750 bits per heavy atom. The van der Waals surface area contributed by atoms with Crippen LogP contribution in [0.3, 0.4) is 0 Å². The van der Waals surface area contributed by atoms with Crippen molar-refractivity contribution in [1.82, 2.24) is 0 Å². The van der Waals surface area contributed by atoms with Gasteiger partial charge in [-0.1, -0.05) is 36.4 Å². The number of benzene rings is 3. The number of primary amides is 2. The lowest BCUT2D eigenvalue weighted by Crippen LogP contribution is -2.12. The molecule has 0 radical (unpaired) electrons. The fourth-order valence-electron chi connectivity index (χ4n) is 3.32. The van der Waals surface area contributed by atoms with Crippen LogP contribution in [0.4, 0.5) is 0 Å². The normalized spacial score (nSPS) is 10.6. The molecule has 0 saturated heterocycles. The van der Waals surface area contributed by atoms with Crippen molar-refractivity contribution in [1.29, 1.82) is 0 Å². The zero-order valence-corrected chi connectivity index (χ0v) is 15.5. The third kappa shape index (κ3) is 3.05. The van der Waals surface area contributed by atoms with Gasteiger partial charge in [0.1, 0.15) is 11.5 Å². The molecule has 6 N–H and O–H groups in total. The average molecular weight is 376 g/mol. The van der Waals surface area contributed by atoms with E-state index < -0.39 is 11.8 Å². The second kappa shape index (κ2) is 7.08. The Labute approximate surface area is 162 Å². The Morgan fingerprint density at radius 2 is 1.32 bits per heavy atom. The van der Waals surface area contributed by atoms with Gasteiger partial charge in [0.2, 0.25) is 0 Å². The number of hydrogen-bond acceptors (Lipinski definition) is 4. The molecule has 6 nitrogen and oxygen atoms in total. The first kappa shape index (κ1) is 19.0. The van der Waals surface area contributed by atoms with Crippen LogP contribution in [0.15, 0.2) is 48.5 Å². The highest BCUT2D eigenvalue weighted by atomic mass is 16.3. The van der Waals surface area contributed by atoms with Crippen LogP contribution in [0.25, 0.3) is 22.3 Å². The Kier molecular flexibility index (Phi) is 4.79. The smallest absolute Gasteiger partial charge is 0.252 e. The van der Waals surface area contributed by atoms with Crippen LogP contribution in [-0.4, -0.2) is 22.0 Å². The molecule has 2 amide bonds. The van der Waals surface area contributed by atoms with E-state index in [0.717, 1.165) is 11.1 Å². The molecular formula is C22H20N2O4. The Morgan fingerprint density at radius 3 is 1.93 bits per heavy atom. The Balaban J connectivity index is 2.37. The van der Waals surface area contributed by atoms with Gasteiger partial charge in [0.05, 0.1) is 11.1 Å². The second-order valence-electron chi connectivity index (χ2n) is 6.57. The van der Waals surface area contributed by atoms with Crippen molar-refractivity contribution in [2.75, 3.05) is 0 Å². The van der Waals surface area contributed by atoms with Crippen molar-refractivity contribution in [2.45, 2.75) is 13.8 Å². The van der Waals surface area contributed by atoms with Crippen LogP contribution in [0, 0.1) is 13.8 Å². The fourth-order valence-corrected chi connectivity index (χ4v) is 3.32. The van der Waals surface area contributed by atoms with E-state index in [9.17, 15) is 19.8 Å². The highest BCUT2D eigenvalue weighted by molar-refractivity contribution is 6.02. The van der Waals surface area contributed by atoms with Gasteiger partial charge in [-0.3, -0.25) is 9.59 Å². The first-order chi connectivity index (χ1) is 13.2. The molecule has 3 aromatic rings. The third-order valence-electron chi connectivity index (χ3n) is 4.87. The van der Waals surface area contributed by atoms with E-state index in [-0.39, 0.29) is 22.6 Å². The molecule has 3 aromatic carbocycles. The number of amides is 2. The first-order valence-electron chi connectivity index (χ1n) is 8.58. The minimum Gasteiger partial charge on any atom is -0.506 e. The molecule has 28 heavy (non-hydrogen) atoms. The molecule has 3 rings (SSSR count). The van der Waals surface area contributed by atoms with Crippen molar-refractivity contribution in [3.63, 3.8) is 0 Å². The summed E-state index contributed by atoms with van der Waals surface area (Å²) in [4.78, 5) is 23.4. The van der Waals surface area contributed by atoms with E-state index in [1.165, 1.54) is 6.07 Å². The number of rotatable bonds is 4. The van der Waals surface area contributed by atoms with E-state index in [1.54, 1.807) is 42.5 Å². The summed E-state index contributed by atoms with van der Waals surface area (Å²) in [5.41, 5.74) is 14.3. The summed E-state index contributed by atoms with van der Waals surface area (Å²) >= 11 is 0. The minimum absolute atomic E-state index is 0.00434. The lowest BCUT2D eigenvalue weighted by Gasteiger charge is -2.18. The van der Waals surface area contributed by atoms with Gasteiger partial charge in [0, 0.05) is 11.1 Å². The van der Waals surface area contributed by atoms with E-state index in [0.29, 0.717) is 22.3 Å². The summed E-state index contributed by atoms with van der Waals surface area (Å²) < 4.78 is 0. The number of hydrogen-bond donors (Lipinski definition) is 4. The molecular weight excluding hydrogens is 356 g/mol. The van der Waals surface area contributed by atoms with E-state index >= 15 is 0 Å². The van der Waals surface area contributed by atoms with Crippen LogP contribution < -0.4 is 11.5 Å². The summed E-state index contributed by atoms with van der Waals surface area (Å²) in [5, 5.41) is 21.3. The van der Waals surface area contributed by atoms with Crippen LogP contribution in [0.2, 0.25) is 0 Å². The predicted octanol–water partition coefficient (Wildman–Crippen LogP) is 3.25. The highest BCUT2D eigenvalue weighted by Gasteiger charge is 2.22.